The topological polar surface area (TPSA) is 75.7 Å². The van der Waals surface area contributed by atoms with Gasteiger partial charge in [0, 0.05) is 19.7 Å². The van der Waals surface area contributed by atoms with Crippen LogP contribution in [-0.4, -0.2) is 39.8 Å². The molecule has 28 heavy (non-hydrogen) atoms. The van der Waals surface area contributed by atoms with E-state index in [2.05, 4.69) is 5.32 Å². The van der Waals surface area contributed by atoms with Gasteiger partial charge in [-0.25, -0.2) is 12.7 Å². The number of carbonyl (C=O) groups is 1. The van der Waals surface area contributed by atoms with Gasteiger partial charge in [0.15, 0.2) is 0 Å². The highest BCUT2D eigenvalue weighted by atomic mass is 35.5. The van der Waals surface area contributed by atoms with Crippen molar-refractivity contribution in [2.45, 2.75) is 24.3 Å². The van der Waals surface area contributed by atoms with Gasteiger partial charge in [-0.2, -0.15) is 0 Å². The Morgan fingerprint density at radius 1 is 1.07 bits per heavy atom. The quantitative estimate of drug-likeness (QED) is 0.732. The van der Waals surface area contributed by atoms with E-state index < -0.39 is 21.5 Å². The molecule has 0 aromatic heterocycles. The predicted molar refractivity (Wildman–Crippen MR) is 111 cm³/mol. The number of carbonyl (C=O) groups excluding carboxylic acids is 1. The zero-order valence-corrected chi connectivity index (χ0v) is 18.5. The zero-order chi connectivity index (χ0) is 21.3. The summed E-state index contributed by atoms with van der Waals surface area (Å²) in [4.78, 5) is 12.7. The maximum absolute atomic E-state index is 12.8. The van der Waals surface area contributed by atoms with Crippen LogP contribution in [0.2, 0.25) is 10.0 Å². The van der Waals surface area contributed by atoms with Crippen LogP contribution in [0, 0.1) is 0 Å². The van der Waals surface area contributed by atoms with Crippen LogP contribution in [0.3, 0.4) is 0 Å². The van der Waals surface area contributed by atoms with Crippen molar-refractivity contribution in [3.8, 4) is 5.75 Å². The van der Waals surface area contributed by atoms with E-state index in [4.69, 9.17) is 27.9 Å². The van der Waals surface area contributed by atoms with E-state index in [0.717, 1.165) is 9.87 Å². The van der Waals surface area contributed by atoms with Crippen molar-refractivity contribution in [3.05, 3.63) is 57.6 Å². The second-order valence-corrected chi connectivity index (χ2v) is 9.80. The van der Waals surface area contributed by atoms with E-state index in [1.807, 2.05) is 13.8 Å². The molecule has 0 spiro atoms. The summed E-state index contributed by atoms with van der Waals surface area (Å²) in [6, 6.07) is 9.37. The van der Waals surface area contributed by atoms with Gasteiger partial charge in [0.1, 0.15) is 10.6 Å². The number of hydrogen-bond acceptors (Lipinski definition) is 4. The van der Waals surface area contributed by atoms with Crippen LogP contribution in [0.4, 0.5) is 0 Å². The number of rotatable bonds is 6. The van der Waals surface area contributed by atoms with Gasteiger partial charge in [-0.3, -0.25) is 4.79 Å². The van der Waals surface area contributed by atoms with Crippen LogP contribution in [-0.2, 0) is 15.6 Å². The van der Waals surface area contributed by atoms with Crippen LogP contribution < -0.4 is 10.1 Å². The summed E-state index contributed by atoms with van der Waals surface area (Å²) in [6.07, 6.45) is 0. The van der Waals surface area contributed by atoms with E-state index in [1.54, 1.807) is 18.2 Å². The smallest absolute Gasteiger partial charge is 0.252 e. The van der Waals surface area contributed by atoms with E-state index in [0.29, 0.717) is 10.0 Å². The molecule has 2 rings (SSSR count). The summed E-state index contributed by atoms with van der Waals surface area (Å²) in [5.41, 5.74) is 0.172. The maximum Gasteiger partial charge on any atom is 0.252 e. The molecule has 0 unspecified atom stereocenters. The normalized spacial score (nSPS) is 12.1. The molecule has 0 aliphatic rings. The van der Waals surface area contributed by atoms with Crippen molar-refractivity contribution in [2.24, 2.45) is 0 Å². The van der Waals surface area contributed by atoms with Crippen molar-refractivity contribution < 1.29 is 17.9 Å². The van der Waals surface area contributed by atoms with Gasteiger partial charge in [-0.15, -0.1) is 0 Å². The third-order valence-electron chi connectivity index (χ3n) is 4.25. The molecule has 0 saturated carbocycles. The first-order valence-corrected chi connectivity index (χ1v) is 10.5. The maximum atomic E-state index is 12.8. The molecule has 0 heterocycles. The molecule has 0 bridgehead atoms. The lowest BCUT2D eigenvalue weighted by Gasteiger charge is -2.27. The van der Waals surface area contributed by atoms with Gasteiger partial charge in [0.25, 0.3) is 5.91 Å². The third kappa shape index (κ3) is 4.60. The second kappa shape index (κ2) is 8.29. The lowest BCUT2D eigenvalue weighted by Crippen LogP contribution is -2.41. The molecular formula is C19H22Cl2N2O4S. The van der Waals surface area contributed by atoms with Gasteiger partial charge >= 0.3 is 0 Å². The molecule has 0 fully saturated rings. The first kappa shape index (κ1) is 22.5. The van der Waals surface area contributed by atoms with Crippen molar-refractivity contribution >= 4 is 39.1 Å². The Morgan fingerprint density at radius 2 is 1.71 bits per heavy atom. The van der Waals surface area contributed by atoms with E-state index in [-0.39, 0.29) is 16.2 Å². The van der Waals surface area contributed by atoms with Gasteiger partial charge in [-0.1, -0.05) is 29.3 Å². The third-order valence-corrected chi connectivity index (χ3v) is 6.83. The first-order valence-electron chi connectivity index (χ1n) is 8.28. The van der Waals surface area contributed by atoms with Crippen molar-refractivity contribution in [1.29, 1.82) is 0 Å². The Kier molecular flexibility index (Phi) is 6.66. The SMILES string of the molecule is COc1ccc(C(=O)NC(C)(C)c2ccc(Cl)c(Cl)c2)cc1S(=O)(=O)N(C)C. The molecule has 0 saturated heterocycles. The number of amides is 1. The van der Waals surface area contributed by atoms with Crippen LogP contribution in [0.1, 0.15) is 29.8 Å². The number of ether oxygens (including phenoxy) is 1. The predicted octanol–water partition coefficient (Wildman–Crippen LogP) is 3.92. The molecule has 0 aliphatic heterocycles. The average Bonchev–Trinajstić information content (AvgIpc) is 2.62. The van der Waals surface area contributed by atoms with Gasteiger partial charge in [0.05, 0.1) is 22.7 Å². The summed E-state index contributed by atoms with van der Waals surface area (Å²) < 4.78 is 31.3. The van der Waals surface area contributed by atoms with Crippen LogP contribution in [0.5, 0.6) is 5.75 Å². The number of nitrogens with one attached hydrogen (secondary N) is 1. The van der Waals surface area contributed by atoms with Gasteiger partial charge < -0.3 is 10.1 Å². The molecule has 1 N–H and O–H groups in total. The lowest BCUT2D eigenvalue weighted by molar-refractivity contribution is 0.0911. The zero-order valence-electron chi connectivity index (χ0n) is 16.2. The van der Waals surface area contributed by atoms with E-state index in [1.165, 1.54) is 39.4 Å². The molecule has 152 valence electrons. The Labute approximate surface area is 175 Å². The van der Waals surface area contributed by atoms with Gasteiger partial charge in [-0.05, 0) is 49.7 Å². The molecule has 2 aromatic carbocycles. The van der Waals surface area contributed by atoms with E-state index >= 15 is 0 Å². The summed E-state index contributed by atoms with van der Waals surface area (Å²) >= 11 is 12.0. The fraction of sp³-hybridized carbons (Fsp3) is 0.316. The summed E-state index contributed by atoms with van der Waals surface area (Å²) in [7, 11) is 0.410. The number of nitrogens with zero attached hydrogens (tertiary/aromatic N) is 1. The number of sulfonamides is 1. The Morgan fingerprint density at radius 3 is 2.25 bits per heavy atom. The molecular weight excluding hydrogens is 423 g/mol. The Bertz CT molecular complexity index is 1000. The van der Waals surface area contributed by atoms with Crippen molar-refractivity contribution in [1.82, 2.24) is 9.62 Å². The largest absolute Gasteiger partial charge is 0.495 e. The standard InChI is InChI=1S/C19H22Cl2N2O4S/c1-19(2,13-7-8-14(20)15(21)11-13)22-18(24)12-6-9-16(27-5)17(10-12)28(25,26)23(3)4/h6-11H,1-5H3,(H,22,24). The average molecular weight is 445 g/mol. The molecule has 2 aromatic rings. The minimum atomic E-state index is -3.79. The summed E-state index contributed by atoms with van der Waals surface area (Å²) in [5, 5.41) is 3.69. The minimum Gasteiger partial charge on any atom is -0.495 e. The van der Waals surface area contributed by atoms with Crippen LogP contribution in [0.15, 0.2) is 41.3 Å². The molecule has 1 amide bonds. The molecule has 9 heteroatoms. The Hall–Kier alpha value is -1.80. The van der Waals surface area contributed by atoms with Gasteiger partial charge in [0.2, 0.25) is 10.0 Å². The van der Waals surface area contributed by atoms with Crippen molar-refractivity contribution in [3.63, 3.8) is 0 Å². The highest BCUT2D eigenvalue weighted by molar-refractivity contribution is 7.89. The number of methoxy groups -OCH3 is 1. The molecule has 0 radical (unpaired) electrons. The highest BCUT2D eigenvalue weighted by Gasteiger charge is 2.27. The fourth-order valence-corrected chi connectivity index (χ4v) is 3.90. The summed E-state index contributed by atoms with van der Waals surface area (Å²) in [5.74, 6) is -0.275. The van der Waals surface area contributed by atoms with Crippen molar-refractivity contribution in [2.75, 3.05) is 21.2 Å². The van der Waals surface area contributed by atoms with Crippen LogP contribution >= 0.6 is 23.2 Å². The monoisotopic (exact) mass is 444 g/mol. The van der Waals surface area contributed by atoms with Crippen LogP contribution in [0.25, 0.3) is 0 Å². The lowest BCUT2D eigenvalue weighted by atomic mass is 9.94. The number of hydrogen-bond donors (Lipinski definition) is 1. The molecule has 0 aliphatic carbocycles. The Balaban J connectivity index is 2.40. The highest BCUT2D eigenvalue weighted by Crippen LogP contribution is 2.30. The number of halogens is 2. The first-order chi connectivity index (χ1) is 12.9. The second-order valence-electron chi connectivity index (χ2n) is 6.86. The minimum absolute atomic E-state index is 0.0833. The fourth-order valence-electron chi connectivity index (χ4n) is 2.53. The summed E-state index contributed by atoms with van der Waals surface area (Å²) in [6.45, 7) is 3.62. The molecule has 0 atom stereocenters. The number of benzene rings is 2. The van der Waals surface area contributed by atoms with E-state index in [9.17, 15) is 13.2 Å². The molecule has 6 nitrogen and oxygen atoms in total.